The second-order valence-corrected chi connectivity index (χ2v) is 8.91. The highest BCUT2D eigenvalue weighted by molar-refractivity contribution is 5.95. The molecule has 176 valence electrons. The van der Waals surface area contributed by atoms with Crippen LogP contribution in [0.4, 0.5) is 10.5 Å². The Balaban J connectivity index is 1.34. The summed E-state index contributed by atoms with van der Waals surface area (Å²) in [5.74, 6) is -0.0430. The highest BCUT2D eigenvalue weighted by atomic mass is 16.6. The summed E-state index contributed by atoms with van der Waals surface area (Å²) in [7, 11) is 2.18. The maximum absolute atomic E-state index is 13.1. The molecule has 4 rings (SSSR count). The van der Waals surface area contributed by atoms with E-state index in [4.69, 9.17) is 4.74 Å². The molecule has 0 radical (unpaired) electrons. The number of likely N-dealkylation sites (tertiary alicyclic amines) is 1. The van der Waals surface area contributed by atoms with Gasteiger partial charge in [0, 0.05) is 37.9 Å². The van der Waals surface area contributed by atoms with Crippen molar-refractivity contribution in [1.29, 1.82) is 0 Å². The third kappa shape index (κ3) is 6.33. The summed E-state index contributed by atoms with van der Waals surface area (Å²) in [6.45, 7) is 5.62. The predicted octanol–water partition coefficient (Wildman–Crippen LogP) is 3.07. The third-order valence-corrected chi connectivity index (χ3v) is 6.66. The Morgan fingerprint density at radius 1 is 0.879 bits per heavy atom. The maximum Gasteiger partial charge on any atom is 0.415 e. The molecule has 2 amide bonds. The van der Waals surface area contributed by atoms with Crippen molar-refractivity contribution < 1.29 is 14.3 Å². The van der Waals surface area contributed by atoms with Gasteiger partial charge < -0.3 is 14.5 Å². The molecule has 2 aromatic carbocycles. The zero-order valence-electron chi connectivity index (χ0n) is 19.4. The average molecular weight is 451 g/mol. The quantitative estimate of drug-likeness (QED) is 0.677. The van der Waals surface area contributed by atoms with Gasteiger partial charge in [-0.3, -0.25) is 14.6 Å². The molecule has 0 saturated carbocycles. The van der Waals surface area contributed by atoms with Crippen LogP contribution in [0.25, 0.3) is 0 Å². The van der Waals surface area contributed by atoms with E-state index in [9.17, 15) is 9.59 Å². The fourth-order valence-corrected chi connectivity index (χ4v) is 4.60. The molecule has 0 N–H and O–H groups in total. The number of hydrogen-bond acceptors (Lipinski definition) is 5. The number of rotatable bonds is 6. The van der Waals surface area contributed by atoms with Crippen LogP contribution in [0.15, 0.2) is 60.7 Å². The number of para-hydroxylation sites is 1. The van der Waals surface area contributed by atoms with Crippen LogP contribution in [0.3, 0.4) is 0 Å². The van der Waals surface area contributed by atoms with Gasteiger partial charge in [0.25, 0.3) is 0 Å². The number of anilines is 1. The van der Waals surface area contributed by atoms with Crippen molar-refractivity contribution >= 4 is 17.7 Å². The zero-order valence-corrected chi connectivity index (χ0v) is 19.4. The zero-order chi connectivity index (χ0) is 23.0. The van der Waals surface area contributed by atoms with Gasteiger partial charge in [-0.2, -0.15) is 0 Å². The van der Waals surface area contributed by atoms with Gasteiger partial charge in [-0.15, -0.1) is 0 Å². The molecule has 2 fully saturated rings. The first-order valence-corrected chi connectivity index (χ1v) is 11.8. The lowest BCUT2D eigenvalue weighted by Crippen LogP contribution is -2.55. The van der Waals surface area contributed by atoms with Crippen LogP contribution in [-0.4, -0.2) is 85.6 Å². The van der Waals surface area contributed by atoms with E-state index in [1.54, 1.807) is 0 Å². The molecule has 0 bridgehead atoms. The highest BCUT2D eigenvalue weighted by Gasteiger charge is 2.30. The summed E-state index contributed by atoms with van der Waals surface area (Å²) in [6.07, 6.45) is 1.88. The first-order chi connectivity index (χ1) is 16.1. The third-order valence-electron chi connectivity index (χ3n) is 6.66. The predicted molar refractivity (Wildman–Crippen MR) is 129 cm³/mol. The molecular formula is C26H34N4O3. The molecule has 7 heteroatoms. The molecule has 0 aromatic heterocycles. The molecule has 2 saturated heterocycles. The number of carbonyl (C=O) groups is 2. The first-order valence-electron chi connectivity index (χ1n) is 11.8. The van der Waals surface area contributed by atoms with E-state index in [2.05, 4.69) is 16.8 Å². The van der Waals surface area contributed by atoms with Gasteiger partial charge >= 0.3 is 6.09 Å². The van der Waals surface area contributed by atoms with E-state index in [0.717, 1.165) is 31.7 Å². The monoisotopic (exact) mass is 450 g/mol. The van der Waals surface area contributed by atoms with Crippen molar-refractivity contribution in [3.8, 4) is 0 Å². The molecule has 33 heavy (non-hydrogen) atoms. The van der Waals surface area contributed by atoms with E-state index in [1.165, 1.54) is 17.7 Å². The van der Waals surface area contributed by atoms with Crippen molar-refractivity contribution in [3.05, 3.63) is 66.2 Å². The van der Waals surface area contributed by atoms with Gasteiger partial charge in [-0.1, -0.05) is 48.5 Å². The number of carbonyl (C=O) groups excluding carboxylic acids is 2. The lowest BCUT2D eigenvalue weighted by atomic mass is 10.0. The van der Waals surface area contributed by atoms with Gasteiger partial charge in [0.1, 0.15) is 13.2 Å². The summed E-state index contributed by atoms with van der Waals surface area (Å²) < 4.78 is 5.54. The maximum atomic E-state index is 13.1. The number of ether oxygens (including phenoxy) is 1. The van der Waals surface area contributed by atoms with Crippen LogP contribution in [0.2, 0.25) is 0 Å². The van der Waals surface area contributed by atoms with Gasteiger partial charge in [0.05, 0.1) is 0 Å². The molecule has 2 aliphatic heterocycles. The summed E-state index contributed by atoms with van der Waals surface area (Å²) >= 11 is 0. The van der Waals surface area contributed by atoms with Crippen LogP contribution >= 0.6 is 0 Å². The standard InChI is InChI=1S/C26H34N4O3/c1-27-14-12-23(13-15-27)28-16-18-29(19-17-28)25(31)20-30(24-10-6-3-7-11-24)26(32)33-21-22-8-4-2-5-9-22/h2-11,23H,12-21H2,1H3. The SMILES string of the molecule is CN1CCC(N2CCN(C(=O)CN(C(=O)OCc3ccccc3)c3ccccc3)CC2)CC1. The van der Waals surface area contributed by atoms with Crippen molar-refractivity contribution in [2.45, 2.75) is 25.5 Å². The van der Waals surface area contributed by atoms with E-state index < -0.39 is 6.09 Å². The smallest absolute Gasteiger partial charge is 0.415 e. The molecule has 2 heterocycles. The highest BCUT2D eigenvalue weighted by Crippen LogP contribution is 2.19. The molecule has 0 unspecified atom stereocenters. The van der Waals surface area contributed by atoms with E-state index in [1.807, 2.05) is 65.6 Å². The lowest BCUT2D eigenvalue weighted by Gasteiger charge is -2.42. The first kappa shape index (κ1) is 23.3. The normalized spacial score (nSPS) is 18.2. The van der Waals surface area contributed by atoms with Crippen molar-refractivity contribution in [2.24, 2.45) is 0 Å². The Bertz CT molecular complexity index is 892. The van der Waals surface area contributed by atoms with Crippen LogP contribution in [0.5, 0.6) is 0 Å². The fourth-order valence-electron chi connectivity index (χ4n) is 4.60. The summed E-state index contributed by atoms with van der Waals surface area (Å²) in [5.41, 5.74) is 1.57. The Hall–Kier alpha value is -2.90. The van der Waals surface area contributed by atoms with Gasteiger partial charge in [0.2, 0.25) is 5.91 Å². The van der Waals surface area contributed by atoms with Crippen LogP contribution in [0, 0.1) is 0 Å². The van der Waals surface area contributed by atoms with Gasteiger partial charge in [0.15, 0.2) is 0 Å². The number of benzene rings is 2. The second-order valence-electron chi connectivity index (χ2n) is 8.91. The Kier molecular flexibility index (Phi) is 7.96. The summed E-state index contributed by atoms with van der Waals surface area (Å²) in [6, 6.07) is 19.4. The number of piperidine rings is 1. The van der Waals surface area contributed by atoms with Crippen LogP contribution in [-0.2, 0) is 16.1 Å². The summed E-state index contributed by atoms with van der Waals surface area (Å²) in [4.78, 5) is 34.3. The van der Waals surface area contributed by atoms with E-state index in [-0.39, 0.29) is 19.1 Å². The number of hydrogen-bond donors (Lipinski definition) is 0. The average Bonchev–Trinajstić information content (AvgIpc) is 2.87. The number of piperazine rings is 1. The summed E-state index contributed by atoms with van der Waals surface area (Å²) in [5, 5.41) is 0. The molecule has 0 aliphatic carbocycles. The second kappa shape index (κ2) is 11.3. The Morgan fingerprint density at radius 3 is 2.12 bits per heavy atom. The molecule has 0 spiro atoms. The van der Waals surface area contributed by atoms with Crippen molar-refractivity contribution in [1.82, 2.24) is 14.7 Å². The molecule has 7 nitrogen and oxygen atoms in total. The van der Waals surface area contributed by atoms with Gasteiger partial charge in [-0.25, -0.2) is 4.79 Å². The number of nitrogens with zero attached hydrogens (tertiary/aromatic N) is 4. The van der Waals surface area contributed by atoms with Gasteiger partial charge in [-0.05, 0) is 50.7 Å². The lowest BCUT2D eigenvalue weighted by molar-refractivity contribution is -0.131. The molecule has 2 aromatic rings. The van der Waals surface area contributed by atoms with E-state index >= 15 is 0 Å². The number of amides is 2. The minimum Gasteiger partial charge on any atom is -0.444 e. The van der Waals surface area contributed by atoms with Crippen molar-refractivity contribution in [2.75, 3.05) is 57.8 Å². The topological polar surface area (TPSA) is 56.3 Å². The minimum absolute atomic E-state index is 0.0220. The molecule has 0 atom stereocenters. The fraction of sp³-hybridized carbons (Fsp3) is 0.462. The Labute approximate surface area is 196 Å². The molecular weight excluding hydrogens is 416 g/mol. The Morgan fingerprint density at radius 2 is 1.48 bits per heavy atom. The van der Waals surface area contributed by atoms with E-state index in [0.29, 0.717) is 24.8 Å². The van der Waals surface area contributed by atoms with Crippen molar-refractivity contribution in [3.63, 3.8) is 0 Å². The largest absolute Gasteiger partial charge is 0.444 e. The minimum atomic E-state index is -0.511. The van der Waals surface area contributed by atoms with Crippen LogP contribution in [0.1, 0.15) is 18.4 Å². The van der Waals surface area contributed by atoms with Crippen LogP contribution < -0.4 is 4.90 Å². The molecule has 2 aliphatic rings.